The fourth-order valence-electron chi connectivity index (χ4n) is 2.72. The lowest BCUT2D eigenvalue weighted by Gasteiger charge is -2.18. The van der Waals surface area contributed by atoms with E-state index in [4.69, 9.17) is 0 Å². The Morgan fingerprint density at radius 1 is 1.39 bits per heavy atom. The molecule has 1 heterocycles. The SMILES string of the molecule is Cc1cc(NC(=O)NCC2CC=CCC2)ccc1-n1cnnn1. The van der Waals surface area contributed by atoms with Gasteiger partial charge < -0.3 is 10.6 Å². The number of nitrogens with one attached hydrogen (secondary N) is 2. The lowest BCUT2D eigenvalue weighted by atomic mass is 9.94. The number of carbonyl (C=O) groups is 1. The number of amides is 2. The maximum Gasteiger partial charge on any atom is 0.319 e. The molecule has 1 atom stereocenters. The van der Waals surface area contributed by atoms with Crippen molar-refractivity contribution in [2.75, 3.05) is 11.9 Å². The maximum atomic E-state index is 12.0. The number of hydrogen-bond donors (Lipinski definition) is 2. The number of carbonyl (C=O) groups excluding carboxylic acids is 1. The van der Waals surface area contributed by atoms with Crippen molar-refractivity contribution in [1.29, 1.82) is 0 Å². The van der Waals surface area contributed by atoms with Gasteiger partial charge in [0.1, 0.15) is 6.33 Å². The molecule has 2 N–H and O–H groups in total. The Balaban J connectivity index is 1.56. The van der Waals surface area contributed by atoms with E-state index in [-0.39, 0.29) is 6.03 Å². The van der Waals surface area contributed by atoms with Crippen LogP contribution in [0.1, 0.15) is 24.8 Å². The van der Waals surface area contributed by atoms with Gasteiger partial charge in [-0.15, -0.1) is 5.10 Å². The molecule has 1 aliphatic carbocycles. The number of aryl methyl sites for hydroxylation is 1. The van der Waals surface area contributed by atoms with Crippen molar-refractivity contribution in [2.24, 2.45) is 5.92 Å². The van der Waals surface area contributed by atoms with Gasteiger partial charge in [-0.1, -0.05) is 12.2 Å². The van der Waals surface area contributed by atoms with E-state index in [1.807, 2.05) is 25.1 Å². The summed E-state index contributed by atoms with van der Waals surface area (Å²) in [4.78, 5) is 12.0. The van der Waals surface area contributed by atoms with E-state index >= 15 is 0 Å². The Morgan fingerprint density at radius 2 is 2.30 bits per heavy atom. The number of tetrazole rings is 1. The second-order valence-corrected chi connectivity index (χ2v) is 5.74. The maximum absolute atomic E-state index is 12.0. The number of allylic oxidation sites excluding steroid dienone is 2. The molecule has 0 fully saturated rings. The van der Waals surface area contributed by atoms with E-state index in [9.17, 15) is 4.79 Å². The minimum absolute atomic E-state index is 0.172. The molecule has 0 spiro atoms. The van der Waals surface area contributed by atoms with Crippen molar-refractivity contribution >= 4 is 11.7 Å². The summed E-state index contributed by atoms with van der Waals surface area (Å²) in [5.41, 5.74) is 2.61. The predicted molar refractivity (Wildman–Crippen MR) is 87.4 cm³/mol. The Labute approximate surface area is 134 Å². The normalized spacial score (nSPS) is 17.0. The molecule has 1 aliphatic rings. The van der Waals surface area contributed by atoms with Gasteiger partial charge in [0.2, 0.25) is 0 Å². The quantitative estimate of drug-likeness (QED) is 0.849. The number of hydrogen-bond acceptors (Lipinski definition) is 4. The summed E-state index contributed by atoms with van der Waals surface area (Å²) in [7, 11) is 0. The molecule has 0 saturated carbocycles. The van der Waals surface area contributed by atoms with Gasteiger partial charge in [0.15, 0.2) is 0 Å². The van der Waals surface area contributed by atoms with Crippen LogP contribution in [-0.4, -0.2) is 32.8 Å². The topological polar surface area (TPSA) is 84.7 Å². The smallest absolute Gasteiger partial charge is 0.319 e. The summed E-state index contributed by atoms with van der Waals surface area (Å²) >= 11 is 0. The Bertz CT molecular complexity index is 695. The van der Waals surface area contributed by atoms with Crippen LogP contribution in [0.3, 0.4) is 0 Å². The second-order valence-electron chi connectivity index (χ2n) is 5.74. The first kappa shape index (κ1) is 15.2. The van der Waals surface area contributed by atoms with Crippen LogP contribution in [-0.2, 0) is 0 Å². The molecule has 23 heavy (non-hydrogen) atoms. The standard InChI is InChI=1S/C16H20N6O/c1-12-9-14(7-8-15(12)22-11-18-20-21-22)19-16(23)17-10-13-5-3-2-4-6-13/h2-3,7-9,11,13H,4-6,10H2,1H3,(H2,17,19,23). The zero-order valence-electron chi connectivity index (χ0n) is 13.1. The largest absolute Gasteiger partial charge is 0.338 e. The number of anilines is 1. The lowest BCUT2D eigenvalue weighted by molar-refractivity contribution is 0.249. The second kappa shape index (κ2) is 7.04. The van der Waals surface area contributed by atoms with E-state index in [1.54, 1.807) is 11.0 Å². The van der Waals surface area contributed by atoms with Crippen molar-refractivity contribution < 1.29 is 4.79 Å². The van der Waals surface area contributed by atoms with Crippen molar-refractivity contribution in [2.45, 2.75) is 26.2 Å². The average Bonchev–Trinajstić information content (AvgIpc) is 3.08. The van der Waals surface area contributed by atoms with Crippen LogP contribution < -0.4 is 10.6 Å². The third-order valence-corrected chi connectivity index (χ3v) is 3.98. The lowest BCUT2D eigenvalue weighted by Crippen LogP contribution is -2.33. The summed E-state index contributed by atoms with van der Waals surface area (Å²) in [6.45, 7) is 2.66. The van der Waals surface area contributed by atoms with Gasteiger partial charge in [-0.05, 0) is 66.3 Å². The third kappa shape index (κ3) is 3.94. The highest BCUT2D eigenvalue weighted by molar-refractivity contribution is 5.89. The van der Waals surface area contributed by atoms with E-state index in [0.717, 1.165) is 36.2 Å². The molecule has 2 aromatic rings. The number of nitrogens with zero attached hydrogens (tertiary/aromatic N) is 4. The zero-order chi connectivity index (χ0) is 16.1. The molecule has 7 heteroatoms. The fourth-order valence-corrected chi connectivity index (χ4v) is 2.72. The van der Waals surface area contributed by atoms with E-state index in [2.05, 4.69) is 38.3 Å². The predicted octanol–water partition coefficient (Wildman–Crippen LogP) is 2.45. The summed E-state index contributed by atoms with van der Waals surface area (Å²) in [6, 6.07) is 5.45. The molecular formula is C16H20N6O. The summed E-state index contributed by atoms with van der Waals surface area (Å²) in [5.74, 6) is 0.537. The Kier molecular flexibility index (Phi) is 4.65. The molecule has 1 aromatic carbocycles. The number of urea groups is 1. The molecule has 0 bridgehead atoms. The monoisotopic (exact) mass is 312 g/mol. The van der Waals surface area contributed by atoms with Gasteiger partial charge in [0.25, 0.3) is 0 Å². The van der Waals surface area contributed by atoms with Crippen LogP contribution in [0.5, 0.6) is 0 Å². The van der Waals surface area contributed by atoms with Gasteiger partial charge >= 0.3 is 6.03 Å². The van der Waals surface area contributed by atoms with E-state index < -0.39 is 0 Å². The first-order valence-electron chi connectivity index (χ1n) is 7.76. The highest BCUT2D eigenvalue weighted by atomic mass is 16.2. The summed E-state index contributed by atoms with van der Waals surface area (Å²) in [6.07, 6.45) is 9.21. The molecule has 1 unspecified atom stereocenters. The molecule has 1 aromatic heterocycles. The number of rotatable bonds is 4. The zero-order valence-corrected chi connectivity index (χ0v) is 13.1. The molecule has 0 radical (unpaired) electrons. The number of aromatic nitrogens is 4. The van der Waals surface area contributed by atoms with Gasteiger partial charge in [-0.3, -0.25) is 0 Å². The first-order valence-corrected chi connectivity index (χ1v) is 7.76. The molecular weight excluding hydrogens is 292 g/mol. The van der Waals surface area contributed by atoms with Crippen molar-refractivity contribution in [3.63, 3.8) is 0 Å². The molecule has 7 nitrogen and oxygen atoms in total. The Morgan fingerprint density at radius 3 is 3.00 bits per heavy atom. The minimum Gasteiger partial charge on any atom is -0.338 e. The van der Waals surface area contributed by atoms with Crippen molar-refractivity contribution in [3.05, 3.63) is 42.2 Å². The molecule has 3 rings (SSSR count). The number of benzene rings is 1. The van der Waals surface area contributed by atoms with Crippen LogP contribution in [0.2, 0.25) is 0 Å². The van der Waals surface area contributed by atoms with Gasteiger partial charge in [0, 0.05) is 12.2 Å². The van der Waals surface area contributed by atoms with Crippen LogP contribution in [0.4, 0.5) is 10.5 Å². The summed E-state index contributed by atoms with van der Waals surface area (Å²) < 4.78 is 1.59. The molecule has 0 saturated heterocycles. The Hall–Kier alpha value is -2.70. The van der Waals surface area contributed by atoms with Crippen LogP contribution >= 0.6 is 0 Å². The molecule has 0 aliphatic heterocycles. The van der Waals surface area contributed by atoms with E-state index in [1.165, 1.54) is 0 Å². The molecule has 120 valence electrons. The van der Waals surface area contributed by atoms with Gasteiger partial charge in [-0.2, -0.15) is 0 Å². The van der Waals surface area contributed by atoms with Gasteiger partial charge in [-0.25, -0.2) is 9.48 Å². The van der Waals surface area contributed by atoms with Gasteiger partial charge in [0.05, 0.1) is 5.69 Å². The van der Waals surface area contributed by atoms with E-state index in [0.29, 0.717) is 12.5 Å². The van der Waals surface area contributed by atoms with Crippen LogP contribution in [0.25, 0.3) is 5.69 Å². The first-order chi connectivity index (χ1) is 11.2. The van der Waals surface area contributed by atoms with Crippen molar-refractivity contribution in [3.8, 4) is 5.69 Å². The summed E-state index contributed by atoms with van der Waals surface area (Å²) in [5, 5.41) is 16.9. The highest BCUT2D eigenvalue weighted by Crippen LogP contribution is 2.19. The van der Waals surface area contributed by atoms with Crippen LogP contribution in [0, 0.1) is 12.8 Å². The third-order valence-electron chi connectivity index (χ3n) is 3.98. The molecule has 2 amide bonds. The average molecular weight is 312 g/mol. The minimum atomic E-state index is -0.172. The fraction of sp³-hybridized carbons (Fsp3) is 0.375. The van der Waals surface area contributed by atoms with Crippen LogP contribution in [0.15, 0.2) is 36.7 Å². The van der Waals surface area contributed by atoms with Crippen molar-refractivity contribution in [1.82, 2.24) is 25.5 Å². The highest BCUT2D eigenvalue weighted by Gasteiger charge is 2.11.